The first-order valence-electron chi connectivity index (χ1n) is 10.8. The van der Waals surface area contributed by atoms with E-state index in [4.69, 9.17) is 0 Å². The largest absolute Gasteiger partial charge is 0.355 e. The number of hydrogen-bond acceptors (Lipinski definition) is 4. The number of amides is 2. The van der Waals surface area contributed by atoms with Gasteiger partial charge in [0.2, 0.25) is 11.8 Å². The number of hydrogen-bond donors (Lipinski definition) is 1. The van der Waals surface area contributed by atoms with Crippen LogP contribution in [0.1, 0.15) is 25.8 Å². The lowest BCUT2D eigenvalue weighted by Crippen LogP contribution is -2.53. The Balaban J connectivity index is 2.47. The van der Waals surface area contributed by atoms with Gasteiger partial charge in [0.25, 0.3) is 0 Å². The Morgan fingerprint density at radius 3 is 1.94 bits per heavy atom. The zero-order valence-corrected chi connectivity index (χ0v) is 20.5. The number of likely N-dealkylation sites (N-methyl/N-ethyl adjacent to an activating group) is 1. The quantitative estimate of drug-likeness (QED) is 0.518. The second kappa shape index (κ2) is 11.9. The normalized spacial score (nSPS) is 12.3. The van der Waals surface area contributed by atoms with E-state index < -0.39 is 40.3 Å². The molecule has 2 aromatic rings. The predicted molar refractivity (Wildman–Crippen MR) is 126 cm³/mol. The average molecular weight is 497 g/mol. The fourth-order valence-electron chi connectivity index (χ4n) is 3.32. The molecule has 0 saturated heterocycles. The number of nitrogens with zero attached hydrogens (tertiary/aromatic N) is 3. The van der Waals surface area contributed by atoms with Gasteiger partial charge in [0.05, 0.1) is 5.69 Å². The molecule has 0 radical (unpaired) electrons. The van der Waals surface area contributed by atoms with Crippen LogP contribution in [-0.2, 0) is 26.3 Å². The highest BCUT2D eigenvalue weighted by molar-refractivity contribution is 7.90. The molecular weight excluding hydrogens is 466 g/mol. The third kappa shape index (κ3) is 6.73. The van der Waals surface area contributed by atoms with Gasteiger partial charge in [-0.2, -0.15) is 12.7 Å². The van der Waals surface area contributed by atoms with E-state index in [2.05, 4.69) is 5.32 Å². The topological polar surface area (TPSA) is 90.0 Å². The number of carbonyl (C=O) groups is 2. The van der Waals surface area contributed by atoms with Gasteiger partial charge in [0.1, 0.15) is 24.2 Å². The Morgan fingerprint density at radius 2 is 1.47 bits per heavy atom. The maximum atomic E-state index is 13.5. The molecule has 0 fully saturated rings. The summed E-state index contributed by atoms with van der Waals surface area (Å²) >= 11 is 0. The zero-order chi connectivity index (χ0) is 25.5. The molecule has 0 heterocycles. The minimum absolute atomic E-state index is 0.0337. The fourth-order valence-corrected chi connectivity index (χ4v) is 4.38. The summed E-state index contributed by atoms with van der Waals surface area (Å²) in [6.45, 7) is 3.18. The monoisotopic (exact) mass is 496 g/mol. The second-order valence-corrected chi connectivity index (χ2v) is 9.81. The summed E-state index contributed by atoms with van der Waals surface area (Å²) in [7, 11) is -1.50. The molecule has 0 aliphatic heterocycles. The number of rotatable bonds is 11. The highest BCUT2D eigenvalue weighted by Gasteiger charge is 2.33. The molecule has 34 heavy (non-hydrogen) atoms. The van der Waals surface area contributed by atoms with Gasteiger partial charge >= 0.3 is 10.2 Å². The number of nitrogens with one attached hydrogen (secondary N) is 1. The molecular formula is C23H30F2N4O4S. The number of benzene rings is 2. The molecule has 2 amide bonds. The molecule has 0 spiro atoms. The fraction of sp³-hybridized carbons (Fsp3) is 0.391. The van der Waals surface area contributed by atoms with Crippen molar-refractivity contribution < 1.29 is 26.8 Å². The summed E-state index contributed by atoms with van der Waals surface area (Å²) in [4.78, 5) is 27.5. The van der Waals surface area contributed by atoms with Crippen molar-refractivity contribution >= 4 is 27.7 Å². The first kappa shape index (κ1) is 27.2. The van der Waals surface area contributed by atoms with E-state index in [1.165, 1.54) is 55.4 Å². The Kier molecular flexibility index (Phi) is 9.51. The molecule has 2 aromatic carbocycles. The standard InChI is InChI=1S/C23H30F2N4O4S/c1-5-21(23(31)26-6-2)28(15-17-7-9-18(24)10-8-17)22(30)16-29(34(32,33)27(3)4)20-13-11-19(25)12-14-20/h7-14,21H,5-6,15-16H2,1-4H3,(H,26,31)/t21-/m0/s1. The van der Waals surface area contributed by atoms with Gasteiger partial charge in [-0.05, 0) is 55.3 Å². The van der Waals surface area contributed by atoms with Gasteiger partial charge in [-0.15, -0.1) is 0 Å². The van der Waals surface area contributed by atoms with Crippen molar-refractivity contribution in [2.45, 2.75) is 32.9 Å². The van der Waals surface area contributed by atoms with E-state index in [-0.39, 0.29) is 24.6 Å². The van der Waals surface area contributed by atoms with Crippen LogP contribution in [0.2, 0.25) is 0 Å². The van der Waals surface area contributed by atoms with Crippen molar-refractivity contribution in [2.75, 3.05) is 31.5 Å². The van der Waals surface area contributed by atoms with Crippen molar-refractivity contribution in [3.8, 4) is 0 Å². The van der Waals surface area contributed by atoms with Crippen molar-refractivity contribution in [1.82, 2.24) is 14.5 Å². The van der Waals surface area contributed by atoms with Crippen molar-refractivity contribution in [3.05, 3.63) is 65.7 Å². The van der Waals surface area contributed by atoms with Crippen molar-refractivity contribution in [3.63, 3.8) is 0 Å². The molecule has 1 atom stereocenters. The minimum atomic E-state index is -4.13. The van der Waals surface area contributed by atoms with Crippen LogP contribution in [0.3, 0.4) is 0 Å². The molecule has 0 unspecified atom stereocenters. The van der Waals surface area contributed by atoms with Gasteiger partial charge in [0.15, 0.2) is 0 Å². The van der Waals surface area contributed by atoms with Gasteiger partial charge < -0.3 is 10.2 Å². The van der Waals surface area contributed by atoms with E-state index in [1.807, 2.05) is 0 Å². The molecule has 0 aliphatic rings. The molecule has 0 aliphatic carbocycles. The smallest absolute Gasteiger partial charge is 0.304 e. The van der Waals surface area contributed by atoms with Crippen LogP contribution in [-0.4, -0.2) is 62.7 Å². The molecule has 8 nitrogen and oxygen atoms in total. The first-order chi connectivity index (χ1) is 16.0. The van der Waals surface area contributed by atoms with Crippen LogP contribution < -0.4 is 9.62 Å². The van der Waals surface area contributed by atoms with Crippen LogP contribution in [0, 0.1) is 11.6 Å². The van der Waals surface area contributed by atoms with E-state index in [1.54, 1.807) is 13.8 Å². The van der Waals surface area contributed by atoms with Crippen LogP contribution in [0.25, 0.3) is 0 Å². The lowest BCUT2D eigenvalue weighted by molar-refractivity contribution is -0.140. The average Bonchev–Trinajstić information content (AvgIpc) is 2.79. The summed E-state index contributed by atoms with van der Waals surface area (Å²) in [5, 5.41) is 2.69. The molecule has 2 rings (SSSR count). The minimum Gasteiger partial charge on any atom is -0.355 e. The summed E-state index contributed by atoms with van der Waals surface area (Å²) in [6.07, 6.45) is 0.274. The van der Waals surface area contributed by atoms with Gasteiger partial charge in [0, 0.05) is 27.2 Å². The summed E-state index contributed by atoms with van der Waals surface area (Å²) in [5.41, 5.74) is 0.664. The lowest BCUT2D eigenvalue weighted by atomic mass is 10.1. The predicted octanol–water partition coefficient (Wildman–Crippen LogP) is 2.52. The summed E-state index contributed by atoms with van der Waals surface area (Å²) in [6, 6.07) is 9.30. The lowest BCUT2D eigenvalue weighted by Gasteiger charge is -2.33. The molecule has 1 N–H and O–H groups in total. The van der Waals surface area contributed by atoms with Crippen molar-refractivity contribution in [1.29, 1.82) is 0 Å². The van der Waals surface area contributed by atoms with E-state index in [0.717, 1.165) is 20.7 Å². The molecule has 0 bridgehead atoms. The zero-order valence-electron chi connectivity index (χ0n) is 19.7. The first-order valence-corrected chi connectivity index (χ1v) is 12.2. The highest BCUT2D eigenvalue weighted by atomic mass is 32.2. The Labute approximate surface area is 199 Å². The third-order valence-electron chi connectivity index (χ3n) is 5.14. The summed E-state index contributed by atoms with van der Waals surface area (Å²) < 4.78 is 54.7. The number of halogens is 2. The maximum absolute atomic E-state index is 13.5. The highest BCUT2D eigenvalue weighted by Crippen LogP contribution is 2.22. The van der Waals surface area contributed by atoms with Crippen LogP contribution in [0.5, 0.6) is 0 Å². The van der Waals surface area contributed by atoms with Crippen LogP contribution >= 0.6 is 0 Å². The number of anilines is 1. The SMILES string of the molecule is CCNC(=O)[C@H](CC)N(Cc1ccc(F)cc1)C(=O)CN(c1ccc(F)cc1)S(=O)(=O)N(C)C. The third-order valence-corrected chi connectivity index (χ3v) is 6.96. The molecule has 0 aromatic heterocycles. The van der Waals surface area contributed by atoms with Crippen molar-refractivity contribution in [2.24, 2.45) is 0 Å². The molecule has 11 heteroatoms. The molecule has 0 saturated carbocycles. The van der Waals surface area contributed by atoms with E-state index in [0.29, 0.717) is 12.1 Å². The Bertz CT molecular complexity index is 1080. The maximum Gasteiger partial charge on any atom is 0.304 e. The second-order valence-electron chi connectivity index (χ2n) is 7.74. The Hall–Kier alpha value is -3.05. The van der Waals surface area contributed by atoms with Crippen LogP contribution in [0.4, 0.5) is 14.5 Å². The Morgan fingerprint density at radius 1 is 0.941 bits per heavy atom. The summed E-state index contributed by atoms with van der Waals surface area (Å²) in [5.74, 6) is -2.03. The molecule has 186 valence electrons. The van der Waals surface area contributed by atoms with Gasteiger partial charge in [-0.1, -0.05) is 19.1 Å². The number of carbonyl (C=O) groups excluding carboxylic acids is 2. The van der Waals surface area contributed by atoms with E-state index >= 15 is 0 Å². The van der Waals surface area contributed by atoms with Crippen LogP contribution in [0.15, 0.2) is 48.5 Å². The van der Waals surface area contributed by atoms with Gasteiger partial charge in [-0.3, -0.25) is 9.59 Å². The van der Waals surface area contributed by atoms with E-state index in [9.17, 15) is 26.8 Å². The van der Waals surface area contributed by atoms with Gasteiger partial charge in [-0.25, -0.2) is 13.1 Å².